The molecule has 0 amide bonds. The number of rotatable bonds is 5. The second kappa shape index (κ2) is 7.21. The van der Waals surface area contributed by atoms with Crippen LogP contribution in [0.1, 0.15) is 19.0 Å². The van der Waals surface area contributed by atoms with E-state index < -0.39 is 0 Å². The maximum Gasteiger partial charge on any atom is 0.209 e. The van der Waals surface area contributed by atoms with E-state index in [1.165, 1.54) is 11.8 Å². The van der Waals surface area contributed by atoms with Crippen LogP contribution in [0.15, 0.2) is 40.7 Å². The molecule has 0 aliphatic carbocycles. The Morgan fingerprint density at radius 3 is 3.00 bits per heavy atom. The van der Waals surface area contributed by atoms with Gasteiger partial charge in [0.25, 0.3) is 0 Å². The van der Waals surface area contributed by atoms with Gasteiger partial charge in [-0.15, -0.1) is 5.10 Å². The second-order valence-corrected chi connectivity index (χ2v) is 5.07. The molecule has 2 rings (SSSR count). The van der Waals surface area contributed by atoms with Crippen LogP contribution in [0, 0.1) is 0 Å². The van der Waals surface area contributed by atoms with Crippen LogP contribution < -0.4 is 5.43 Å². The van der Waals surface area contributed by atoms with Crippen LogP contribution >= 0.6 is 23.4 Å². The molecule has 0 atom stereocenters. The first-order valence-corrected chi connectivity index (χ1v) is 7.65. The highest BCUT2D eigenvalue weighted by Gasteiger charge is 2.06. The van der Waals surface area contributed by atoms with Gasteiger partial charge in [0.2, 0.25) is 5.16 Å². The molecule has 0 unspecified atom stereocenters. The van der Waals surface area contributed by atoms with E-state index in [4.69, 9.17) is 11.6 Å². The van der Waals surface area contributed by atoms with Gasteiger partial charge in [0.15, 0.2) is 0 Å². The van der Waals surface area contributed by atoms with Gasteiger partial charge in [0.1, 0.15) is 5.69 Å². The van der Waals surface area contributed by atoms with Crippen molar-refractivity contribution in [3.63, 3.8) is 0 Å². The van der Waals surface area contributed by atoms with Crippen LogP contribution in [0.3, 0.4) is 0 Å². The van der Waals surface area contributed by atoms with Gasteiger partial charge in [-0.05, 0) is 30.9 Å². The van der Waals surface area contributed by atoms with E-state index >= 15 is 0 Å². The molecule has 1 heterocycles. The predicted octanol–water partition coefficient (Wildman–Crippen LogP) is 3.47. The van der Waals surface area contributed by atoms with Gasteiger partial charge in [-0.25, -0.2) is 4.98 Å². The summed E-state index contributed by atoms with van der Waals surface area (Å²) in [6.07, 6.45) is 4.26. The molecule has 0 fully saturated rings. The van der Waals surface area contributed by atoms with Crippen molar-refractivity contribution in [2.45, 2.75) is 18.5 Å². The molecule has 1 aromatic heterocycles. The fraction of sp³-hybridized carbons (Fsp3) is 0.231. The molecule has 0 aliphatic heterocycles. The van der Waals surface area contributed by atoms with Crippen molar-refractivity contribution < 1.29 is 0 Å². The van der Waals surface area contributed by atoms with Gasteiger partial charge < -0.3 is 0 Å². The molecule has 20 heavy (non-hydrogen) atoms. The van der Waals surface area contributed by atoms with E-state index in [0.717, 1.165) is 23.5 Å². The van der Waals surface area contributed by atoms with Gasteiger partial charge in [-0.3, -0.25) is 5.43 Å². The van der Waals surface area contributed by atoms with Crippen molar-refractivity contribution in [1.29, 1.82) is 0 Å². The molecule has 0 spiro atoms. The summed E-state index contributed by atoms with van der Waals surface area (Å²) >= 11 is 7.38. The molecule has 2 aromatic rings. The van der Waals surface area contributed by atoms with Gasteiger partial charge in [-0.2, -0.15) is 10.2 Å². The van der Waals surface area contributed by atoms with E-state index in [1.807, 2.05) is 37.4 Å². The number of hydrazone groups is 1. The third-order valence-corrected chi connectivity index (χ3v) is 3.27. The van der Waals surface area contributed by atoms with Crippen LogP contribution in [-0.2, 0) is 0 Å². The zero-order valence-corrected chi connectivity index (χ0v) is 12.7. The number of benzene rings is 1. The SMILES string of the molecule is CC/C(=N\Nc1cccc(Cl)c1)c1cnnc(SC)n1. The lowest BCUT2D eigenvalue weighted by molar-refractivity contribution is 0.831. The van der Waals surface area contributed by atoms with E-state index in [0.29, 0.717) is 10.2 Å². The topological polar surface area (TPSA) is 63.1 Å². The van der Waals surface area contributed by atoms with Crippen LogP contribution in [-0.4, -0.2) is 27.1 Å². The zero-order chi connectivity index (χ0) is 14.4. The zero-order valence-electron chi connectivity index (χ0n) is 11.2. The van der Waals surface area contributed by atoms with E-state index in [9.17, 15) is 0 Å². The molecule has 7 heteroatoms. The quantitative estimate of drug-likeness (QED) is 0.520. The van der Waals surface area contributed by atoms with Crippen LogP contribution in [0.5, 0.6) is 0 Å². The monoisotopic (exact) mass is 307 g/mol. The van der Waals surface area contributed by atoms with Crippen molar-refractivity contribution in [3.8, 4) is 0 Å². The summed E-state index contributed by atoms with van der Waals surface area (Å²) in [5.74, 6) is 0. The first-order valence-electron chi connectivity index (χ1n) is 6.05. The summed E-state index contributed by atoms with van der Waals surface area (Å²) in [6.45, 7) is 2.01. The highest BCUT2D eigenvalue weighted by atomic mass is 35.5. The molecule has 0 bridgehead atoms. The lowest BCUT2D eigenvalue weighted by atomic mass is 10.2. The second-order valence-electron chi connectivity index (χ2n) is 3.86. The number of anilines is 1. The van der Waals surface area contributed by atoms with Crippen LogP contribution in [0.2, 0.25) is 5.02 Å². The number of nitrogens with one attached hydrogen (secondary N) is 1. The van der Waals surface area contributed by atoms with Crippen molar-refractivity contribution >= 4 is 34.8 Å². The third-order valence-electron chi connectivity index (χ3n) is 2.50. The van der Waals surface area contributed by atoms with E-state index in [-0.39, 0.29) is 0 Å². The first-order chi connectivity index (χ1) is 9.72. The lowest BCUT2D eigenvalue weighted by Crippen LogP contribution is -2.08. The molecule has 0 saturated carbocycles. The van der Waals surface area contributed by atoms with Crippen molar-refractivity contribution in [3.05, 3.63) is 41.2 Å². The standard InChI is InChI=1S/C13H14ClN5S/c1-3-11(12-8-15-19-13(16-12)20-2)18-17-10-6-4-5-9(14)7-10/h4-8,17H,3H2,1-2H3/b18-11+. The van der Waals surface area contributed by atoms with Gasteiger partial charge in [0.05, 0.1) is 17.6 Å². The number of aromatic nitrogens is 3. The maximum absolute atomic E-state index is 5.93. The summed E-state index contributed by atoms with van der Waals surface area (Å²) in [5.41, 5.74) is 5.35. The minimum absolute atomic E-state index is 0.631. The van der Waals surface area contributed by atoms with E-state index in [2.05, 4.69) is 25.7 Å². The molecule has 0 aliphatic rings. The number of hydrogen-bond donors (Lipinski definition) is 1. The first kappa shape index (κ1) is 14.7. The summed E-state index contributed by atoms with van der Waals surface area (Å²) < 4.78 is 0. The average Bonchev–Trinajstić information content (AvgIpc) is 2.48. The summed E-state index contributed by atoms with van der Waals surface area (Å²) in [4.78, 5) is 4.38. The van der Waals surface area contributed by atoms with Crippen LogP contribution in [0.25, 0.3) is 0 Å². The Kier molecular flexibility index (Phi) is 5.31. The summed E-state index contributed by atoms with van der Waals surface area (Å²) in [5, 5.41) is 13.5. The van der Waals surface area contributed by atoms with Crippen molar-refractivity contribution in [2.24, 2.45) is 5.10 Å². The Morgan fingerprint density at radius 1 is 1.45 bits per heavy atom. The predicted molar refractivity (Wildman–Crippen MR) is 83.5 cm³/mol. The molecular weight excluding hydrogens is 294 g/mol. The fourth-order valence-corrected chi connectivity index (χ4v) is 2.03. The molecule has 1 aromatic carbocycles. The number of hydrogen-bond acceptors (Lipinski definition) is 6. The number of halogens is 1. The van der Waals surface area contributed by atoms with Crippen molar-refractivity contribution in [2.75, 3.05) is 11.7 Å². The number of nitrogens with zero attached hydrogens (tertiary/aromatic N) is 4. The Bertz CT molecular complexity index is 617. The minimum Gasteiger partial charge on any atom is -0.278 e. The lowest BCUT2D eigenvalue weighted by Gasteiger charge is -2.05. The van der Waals surface area contributed by atoms with Crippen molar-refractivity contribution in [1.82, 2.24) is 15.2 Å². The van der Waals surface area contributed by atoms with E-state index in [1.54, 1.807) is 6.20 Å². The minimum atomic E-state index is 0.631. The fourth-order valence-electron chi connectivity index (χ4n) is 1.52. The molecule has 5 nitrogen and oxygen atoms in total. The Hall–Kier alpha value is -1.66. The van der Waals surface area contributed by atoms with Crippen LogP contribution in [0.4, 0.5) is 5.69 Å². The number of thioether (sulfide) groups is 1. The van der Waals surface area contributed by atoms with Gasteiger partial charge in [0, 0.05) is 5.02 Å². The Balaban J connectivity index is 2.20. The molecule has 0 radical (unpaired) electrons. The summed E-state index contributed by atoms with van der Waals surface area (Å²) in [7, 11) is 0. The average molecular weight is 308 g/mol. The highest BCUT2D eigenvalue weighted by molar-refractivity contribution is 7.98. The smallest absolute Gasteiger partial charge is 0.209 e. The third kappa shape index (κ3) is 3.91. The highest BCUT2D eigenvalue weighted by Crippen LogP contribution is 2.15. The maximum atomic E-state index is 5.93. The molecule has 1 N–H and O–H groups in total. The molecular formula is C13H14ClN5S. The van der Waals surface area contributed by atoms with Gasteiger partial charge in [-0.1, -0.05) is 36.4 Å². The summed E-state index contributed by atoms with van der Waals surface area (Å²) in [6, 6.07) is 7.39. The van der Waals surface area contributed by atoms with Gasteiger partial charge >= 0.3 is 0 Å². The normalized spacial score (nSPS) is 11.4. The molecule has 0 saturated heterocycles. The largest absolute Gasteiger partial charge is 0.278 e. The Labute approximate surface area is 126 Å². The molecule has 104 valence electrons. The Morgan fingerprint density at radius 2 is 2.30 bits per heavy atom.